The molecule has 2 amide bonds. The Hall–Kier alpha value is -1.55. The van der Waals surface area contributed by atoms with Crippen LogP contribution in [-0.4, -0.2) is 24.9 Å². The quantitative estimate of drug-likeness (QED) is 0.775. The van der Waals surface area contributed by atoms with Gasteiger partial charge in [-0.05, 0) is 18.6 Å². The zero-order valence-electron chi connectivity index (χ0n) is 10.3. The molecule has 0 aliphatic rings. The average Bonchev–Trinajstić information content (AvgIpc) is 2.37. The fourth-order valence-electron chi connectivity index (χ4n) is 1.37. The molecular weight excluding hydrogens is 252 g/mol. The van der Waals surface area contributed by atoms with Crippen molar-refractivity contribution in [3.8, 4) is 0 Å². The molecule has 0 fully saturated rings. The van der Waals surface area contributed by atoms with E-state index in [1.54, 1.807) is 24.3 Å². The Morgan fingerprint density at radius 2 is 1.94 bits per heavy atom. The van der Waals surface area contributed by atoms with Crippen molar-refractivity contribution in [2.75, 3.05) is 13.1 Å². The van der Waals surface area contributed by atoms with Gasteiger partial charge in [-0.15, -0.1) is 0 Å². The number of halogens is 1. The number of rotatable bonds is 6. The van der Waals surface area contributed by atoms with Crippen molar-refractivity contribution in [2.24, 2.45) is 0 Å². The summed E-state index contributed by atoms with van der Waals surface area (Å²) in [6.45, 7) is 2.65. The SMILES string of the molecule is CCCCNC(=O)CNC(=O)c1ccccc1Cl. The average molecular weight is 269 g/mol. The molecule has 0 aromatic heterocycles. The van der Waals surface area contributed by atoms with E-state index < -0.39 is 0 Å². The second-order valence-electron chi connectivity index (χ2n) is 3.87. The van der Waals surface area contributed by atoms with Gasteiger partial charge in [-0.25, -0.2) is 0 Å². The van der Waals surface area contributed by atoms with E-state index in [0.29, 0.717) is 17.1 Å². The summed E-state index contributed by atoms with van der Waals surface area (Å²) in [5, 5.41) is 5.63. The van der Waals surface area contributed by atoms with Gasteiger partial charge in [-0.2, -0.15) is 0 Å². The minimum Gasteiger partial charge on any atom is -0.355 e. The molecule has 1 rings (SSSR count). The molecule has 98 valence electrons. The lowest BCUT2D eigenvalue weighted by atomic mass is 10.2. The van der Waals surface area contributed by atoms with Crippen LogP contribution in [0, 0.1) is 0 Å². The molecule has 0 heterocycles. The predicted octanol–water partition coefficient (Wildman–Crippen LogP) is 1.99. The highest BCUT2D eigenvalue weighted by molar-refractivity contribution is 6.33. The van der Waals surface area contributed by atoms with Crippen molar-refractivity contribution in [3.05, 3.63) is 34.9 Å². The van der Waals surface area contributed by atoms with Crippen LogP contribution in [0.1, 0.15) is 30.1 Å². The first-order valence-electron chi connectivity index (χ1n) is 5.94. The van der Waals surface area contributed by atoms with Crippen molar-refractivity contribution in [1.82, 2.24) is 10.6 Å². The smallest absolute Gasteiger partial charge is 0.253 e. The Morgan fingerprint density at radius 3 is 2.61 bits per heavy atom. The summed E-state index contributed by atoms with van der Waals surface area (Å²) in [7, 11) is 0. The first kappa shape index (κ1) is 14.5. The highest BCUT2D eigenvalue weighted by Crippen LogP contribution is 2.14. The standard InChI is InChI=1S/C13H17ClN2O2/c1-2-3-8-15-12(17)9-16-13(18)10-6-4-5-7-11(10)14/h4-7H,2-3,8-9H2,1H3,(H,15,17)(H,16,18). The number of unbranched alkanes of at least 4 members (excludes halogenated alkanes) is 1. The summed E-state index contributed by atoms with van der Waals surface area (Å²) < 4.78 is 0. The van der Waals surface area contributed by atoms with Gasteiger partial charge in [0.1, 0.15) is 0 Å². The van der Waals surface area contributed by atoms with Crippen molar-refractivity contribution >= 4 is 23.4 Å². The summed E-state index contributed by atoms with van der Waals surface area (Å²) in [5.41, 5.74) is 0.375. The van der Waals surface area contributed by atoms with Gasteiger partial charge >= 0.3 is 0 Å². The number of benzene rings is 1. The molecule has 18 heavy (non-hydrogen) atoms. The third kappa shape index (κ3) is 4.75. The van der Waals surface area contributed by atoms with Gasteiger partial charge in [-0.3, -0.25) is 9.59 Å². The van der Waals surface area contributed by atoms with Crippen LogP contribution in [0.5, 0.6) is 0 Å². The van der Waals surface area contributed by atoms with Crippen molar-refractivity contribution in [1.29, 1.82) is 0 Å². The predicted molar refractivity (Wildman–Crippen MR) is 71.7 cm³/mol. The molecule has 0 saturated heterocycles. The molecule has 0 bridgehead atoms. The molecule has 5 heteroatoms. The van der Waals surface area contributed by atoms with E-state index in [0.717, 1.165) is 12.8 Å². The molecule has 0 radical (unpaired) electrons. The van der Waals surface area contributed by atoms with Gasteiger partial charge in [-0.1, -0.05) is 37.1 Å². The Bertz CT molecular complexity index is 421. The largest absolute Gasteiger partial charge is 0.355 e. The van der Waals surface area contributed by atoms with Gasteiger partial charge in [0.2, 0.25) is 5.91 Å². The van der Waals surface area contributed by atoms with E-state index in [2.05, 4.69) is 10.6 Å². The molecule has 0 spiro atoms. The number of nitrogens with one attached hydrogen (secondary N) is 2. The summed E-state index contributed by atoms with van der Waals surface area (Å²) >= 11 is 5.88. The highest BCUT2D eigenvalue weighted by atomic mass is 35.5. The minimum atomic E-state index is -0.341. The van der Waals surface area contributed by atoms with E-state index in [4.69, 9.17) is 11.6 Å². The number of hydrogen-bond acceptors (Lipinski definition) is 2. The van der Waals surface area contributed by atoms with E-state index in [1.807, 2.05) is 6.92 Å². The van der Waals surface area contributed by atoms with Gasteiger partial charge in [0.25, 0.3) is 5.91 Å². The maximum Gasteiger partial charge on any atom is 0.253 e. The molecule has 1 aromatic carbocycles. The van der Waals surface area contributed by atoms with Crippen LogP contribution in [0.3, 0.4) is 0 Å². The van der Waals surface area contributed by atoms with Crippen LogP contribution in [-0.2, 0) is 4.79 Å². The van der Waals surface area contributed by atoms with Crippen LogP contribution in [0.4, 0.5) is 0 Å². The second kappa shape index (κ2) is 7.71. The van der Waals surface area contributed by atoms with E-state index in [-0.39, 0.29) is 18.4 Å². The van der Waals surface area contributed by atoms with Crippen LogP contribution < -0.4 is 10.6 Å². The van der Waals surface area contributed by atoms with E-state index in [1.165, 1.54) is 0 Å². The molecule has 0 atom stereocenters. The Balaban J connectivity index is 2.38. The van der Waals surface area contributed by atoms with Crippen molar-refractivity contribution in [3.63, 3.8) is 0 Å². The summed E-state index contributed by atoms with van der Waals surface area (Å²) in [6.07, 6.45) is 1.95. The maximum atomic E-state index is 11.7. The lowest BCUT2D eigenvalue weighted by Crippen LogP contribution is -2.37. The van der Waals surface area contributed by atoms with Crippen LogP contribution in [0.2, 0.25) is 5.02 Å². The molecule has 1 aromatic rings. The fourth-order valence-corrected chi connectivity index (χ4v) is 1.59. The molecule has 0 aliphatic heterocycles. The van der Waals surface area contributed by atoms with E-state index in [9.17, 15) is 9.59 Å². The number of amides is 2. The monoisotopic (exact) mass is 268 g/mol. The zero-order chi connectivity index (χ0) is 13.4. The third-order valence-electron chi connectivity index (χ3n) is 2.38. The summed E-state index contributed by atoms with van der Waals surface area (Å²) in [6, 6.07) is 6.73. The number of carbonyl (C=O) groups excluding carboxylic acids is 2. The third-order valence-corrected chi connectivity index (χ3v) is 2.71. The first-order chi connectivity index (χ1) is 8.65. The molecular formula is C13H17ClN2O2. The molecule has 0 unspecified atom stereocenters. The normalized spacial score (nSPS) is 9.89. The Morgan fingerprint density at radius 1 is 1.22 bits per heavy atom. The van der Waals surface area contributed by atoms with Gasteiger partial charge in [0.15, 0.2) is 0 Å². The Labute approximate surface area is 112 Å². The van der Waals surface area contributed by atoms with Gasteiger partial charge < -0.3 is 10.6 Å². The summed E-state index contributed by atoms with van der Waals surface area (Å²) in [4.78, 5) is 23.1. The van der Waals surface area contributed by atoms with Crippen LogP contribution >= 0.6 is 11.6 Å². The Kier molecular flexibility index (Phi) is 6.22. The van der Waals surface area contributed by atoms with Crippen molar-refractivity contribution in [2.45, 2.75) is 19.8 Å². The molecule has 4 nitrogen and oxygen atoms in total. The van der Waals surface area contributed by atoms with Gasteiger partial charge in [0.05, 0.1) is 17.1 Å². The topological polar surface area (TPSA) is 58.2 Å². The highest BCUT2D eigenvalue weighted by Gasteiger charge is 2.10. The number of hydrogen-bond donors (Lipinski definition) is 2. The van der Waals surface area contributed by atoms with E-state index >= 15 is 0 Å². The lowest BCUT2D eigenvalue weighted by molar-refractivity contribution is -0.120. The fraction of sp³-hybridized carbons (Fsp3) is 0.385. The zero-order valence-corrected chi connectivity index (χ0v) is 11.1. The molecule has 0 aliphatic carbocycles. The first-order valence-corrected chi connectivity index (χ1v) is 6.32. The van der Waals surface area contributed by atoms with Crippen LogP contribution in [0.15, 0.2) is 24.3 Å². The minimum absolute atomic E-state index is 0.0340. The lowest BCUT2D eigenvalue weighted by Gasteiger charge is -2.07. The molecule has 0 saturated carbocycles. The number of carbonyl (C=O) groups is 2. The van der Waals surface area contributed by atoms with Crippen molar-refractivity contribution < 1.29 is 9.59 Å². The maximum absolute atomic E-state index is 11.7. The molecule has 2 N–H and O–H groups in total. The summed E-state index contributed by atoms with van der Waals surface area (Å²) in [5.74, 6) is -0.532. The van der Waals surface area contributed by atoms with Crippen LogP contribution in [0.25, 0.3) is 0 Å². The van der Waals surface area contributed by atoms with Gasteiger partial charge in [0, 0.05) is 6.54 Å². The second-order valence-corrected chi connectivity index (χ2v) is 4.27.